The Hall–Kier alpha value is 0. The molecule has 2 saturated carbocycles. The van der Waals surface area contributed by atoms with Gasteiger partial charge >= 0.3 is 0 Å². The minimum Gasteiger partial charge on any atom is -0.0617 e. The number of hydrogen-bond acceptors (Lipinski definition) is 0. The van der Waals surface area contributed by atoms with Crippen molar-refractivity contribution in [2.24, 2.45) is 23.2 Å². The van der Waals surface area contributed by atoms with E-state index in [9.17, 15) is 0 Å². The molecule has 0 aromatic carbocycles. The molecule has 0 aromatic rings. The fourth-order valence-corrected chi connectivity index (χ4v) is 3.13. The highest BCUT2D eigenvalue weighted by Gasteiger charge is 2.50. The molecule has 0 radical (unpaired) electrons. The van der Waals surface area contributed by atoms with Crippen molar-refractivity contribution in [1.82, 2.24) is 0 Å². The van der Waals surface area contributed by atoms with Crippen LogP contribution in [0.25, 0.3) is 0 Å². The van der Waals surface area contributed by atoms with Gasteiger partial charge in [-0.15, -0.1) is 0 Å². The monoisotopic (exact) mass is 138 g/mol. The Bertz CT molecular complexity index is 142. The van der Waals surface area contributed by atoms with E-state index in [-0.39, 0.29) is 0 Å². The lowest BCUT2D eigenvalue weighted by Gasteiger charge is -2.35. The minimum atomic E-state index is 0.670. The Morgan fingerprint density at radius 3 is 2.20 bits per heavy atom. The molecule has 2 fully saturated rings. The van der Waals surface area contributed by atoms with Gasteiger partial charge in [0.2, 0.25) is 0 Å². The topological polar surface area (TPSA) is 0 Å². The molecule has 3 atom stereocenters. The van der Waals surface area contributed by atoms with E-state index in [0.717, 1.165) is 17.8 Å². The first kappa shape index (κ1) is 6.69. The highest BCUT2D eigenvalue weighted by atomic mass is 14.5. The largest absolute Gasteiger partial charge is 0.0617 e. The smallest absolute Gasteiger partial charge is 0.0297 e. The molecule has 0 N–H and O–H groups in total. The molecule has 0 amide bonds. The van der Waals surface area contributed by atoms with Gasteiger partial charge in [-0.1, -0.05) is 20.8 Å². The Labute approximate surface area is 64.0 Å². The van der Waals surface area contributed by atoms with Gasteiger partial charge in [0.25, 0.3) is 0 Å². The zero-order valence-electron chi connectivity index (χ0n) is 7.35. The summed E-state index contributed by atoms with van der Waals surface area (Å²) >= 11 is 0. The summed E-state index contributed by atoms with van der Waals surface area (Å²) in [6, 6.07) is 0. The third-order valence-electron chi connectivity index (χ3n) is 4.41. The van der Waals surface area contributed by atoms with Crippen LogP contribution in [0.15, 0.2) is 0 Å². The molecular formula is C10H18. The van der Waals surface area contributed by atoms with Gasteiger partial charge in [-0.25, -0.2) is 0 Å². The SMILES string of the molecule is C[C@H]1[C@H]2CC[C@H](C2)C1(C)C. The lowest BCUT2D eigenvalue weighted by molar-refractivity contribution is 0.137. The third-order valence-corrected chi connectivity index (χ3v) is 4.41. The van der Waals surface area contributed by atoms with Gasteiger partial charge < -0.3 is 0 Å². The number of rotatable bonds is 0. The van der Waals surface area contributed by atoms with Gasteiger partial charge in [-0.2, -0.15) is 0 Å². The zero-order chi connectivity index (χ0) is 7.35. The number of fused-ring (bicyclic) bond motifs is 2. The molecule has 2 bridgehead atoms. The quantitative estimate of drug-likeness (QED) is 0.482. The molecular weight excluding hydrogens is 120 g/mol. The van der Waals surface area contributed by atoms with Gasteiger partial charge in [0.15, 0.2) is 0 Å². The first-order valence-corrected chi connectivity index (χ1v) is 4.62. The summed E-state index contributed by atoms with van der Waals surface area (Å²) in [6.45, 7) is 7.37. The summed E-state index contributed by atoms with van der Waals surface area (Å²) in [7, 11) is 0. The highest BCUT2D eigenvalue weighted by molar-refractivity contribution is 4.99. The molecule has 0 heterocycles. The van der Waals surface area contributed by atoms with Crippen molar-refractivity contribution < 1.29 is 0 Å². The van der Waals surface area contributed by atoms with Crippen molar-refractivity contribution in [2.75, 3.05) is 0 Å². The normalized spacial score (nSPS) is 50.1. The predicted octanol–water partition coefficient (Wildman–Crippen LogP) is 3.08. The highest BCUT2D eigenvalue weighted by Crippen LogP contribution is 2.58. The molecule has 0 unspecified atom stereocenters. The van der Waals surface area contributed by atoms with Crippen LogP contribution in [0, 0.1) is 23.2 Å². The Morgan fingerprint density at radius 2 is 1.90 bits per heavy atom. The molecule has 10 heavy (non-hydrogen) atoms. The van der Waals surface area contributed by atoms with E-state index in [2.05, 4.69) is 20.8 Å². The zero-order valence-corrected chi connectivity index (χ0v) is 7.35. The number of hydrogen-bond donors (Lipinski definition) is 0. The fourth-order valence-electron chi connectivity index (χ4n) is 3.13. The standard InChI is InChI=1S/C10H18/c1-7-8-4-5-9(6-8)10(7,2)3/h7-9H,4-6H2,1-3H3/t7-,8-,9+/m0/s1. The first-order valence-electron chi connectivity index (χ1n) is 4.62. The molecule has 2 rings (SSSR count). The maximum atomic E-state index is 2.46. The third kappa shape index (κ3) is 0.627. The maximum Gasteiger partial charge on any atom is -0.0297 e. The van der Waals surface area contributed by atoms with Gasteiger partial charge in [0, 0.05) is 0 Å². The van der Waals surface area contributed by atoms with E-state index in [4.69, 9.17) is 0 Å². The van der Waals surface area contributed by atoms with E-state index in [0.29, 0.717) is 5.41 Å². The molecule has 0 aliphatic heterocycles. The summed E-state index contributed by atoms with van der Waals surface area (Å²) < 4.78 is 0. The molecule has 0 saturated heterocycles. The molecule has 58 valence electrons. The van der Waals surface area contributed by atoms with E-state index in [1.54, 1.807) is 0 Å². The Kier molecular flexibility index (Phi) is 1.19. The van der Waals surface area contributed by atoms with E-state index < -0.39 is 0 Å². The van der Waals surface area contributed by atoms with Crippen molar-refractivity contribution in [3.8, 4) is 0 Å². The van der Waals surface area contributed by atoms with Crippen molar-refractivity contribution >= 4 is 0 Å². The molecule has 2 aliphatic rings. The van der Waals surface area contributed by atoms with Crippen molar-refractivity contribution in [2.45, 2.75) is 40.0 Å². The molecule has 0 aromatic heterocycles. The molecule has 2 aliphatic carbocycles. The molecule has 0 spiro atoms. The Balaban J connectivity index is 2.25. The van der Waals surface area contributed by atoms with Crippen LogP contribution in [0.4, 0.5) is 0 Å². The van der Waals surface area contributed by atoms with Gasteiger partial charge in [-0.05, 0) is 42.4 Å². The van der Waals surface area contributed by atoms with Crippen LogP contribution in [0.1, 0.15) is 40.0 Å². The second kappa shape index (κ2) is 1.78. The molecule has 0 nitrogen and oxygen atoms in total. The lowest BCUT2D eigenvalue weighted by Crippen LogP contribution is -2.28. The molecule has 0 heteroatoms. The average molecular weight is 138 g/mol. The van der Waals surface area contributed by atoms with Crippen LogP contribution in [0.2, 0.25) is 0 Å². The summed E-state index contributed by atoms with van der Waals surface area (Å²) in [5.74, 6) is 3.14. The summed E-state index contributed by atoms with van der Waals surface area (Å²) in [5.41, 5.74) is 0.670. The first-order chi connectivity index (χ1) is 4.62. The van der Waals surface area contributed by atoms with Crippen LogP contribution >= 0.6 is 0 Å². The summed E-state index contributed by atoms with van der Waals surface area (Å²) in [6.07, 6.45) is 4.57. The second-order valence-electron chi connectivity index (χ2n) is 4.88. The summed E-state index contributed by atoms with van der Waals surface area (Å²) in [5, 5.41) is 0. The van der Waals surface area contributed by atoms with Crippen LogP contribution in [0.5, 0.6) is 0 Å². The van der Waals surface area contributed by atoms with E-state index >= 15 is 0 Å². The second-order valence-corrected chi connectivity index (χ2v) is 4.88. The summed E-state index contributed by atoms with van der Waals surface area (Å²) in [4.78, 5) is 0. The average Bonchev–Trinajstić information content (AvgIpc) is 2.37. The minimum absolute atomic E-state index is 0.670. The lowest BCUT2D eigenvalue weighted by atomic mass is 9.70. The van der Waals surface area contributed by atoms with Crippen LogP contribution in [-0.2, 0) is 0 Å². The maximum absolute atomic E-state index is 2.46. The van der Waals surface area contributed by atoms with E-state index in [1.165, 1.54) is 19.3 Å². The van der Waals surface area contributed by atoms with Crippen LogP contribution < -0.4 is 0 Å². The van der Waals surface area contributed by atoms with Gasteiger partial charge in [0.1, 0.15) is 0 Å². The fraction of sp³-hybridized carbons (Fsp3) is 1.00. The van der Waals surface area contributed by atoms with Crippen LogP contribution in [-0.4, -0.2) is 0 Å². The van der Waals surface area contributed by atoms with Crippen molar-refractivity contribution in [1.29, 1.82) is 0 Å². The van der Waals surface area contributed by atoms with Crippen molar-refractivity contribution in [3.05, 3.63) is 0 Å². The van der Waals surface area contributed by atoms with Gasteiger partial charge in [0.05, 0.1) is 0 Å². The van der Waals surface area contributed by atoms with E-state index in [1.807, 2.05) is 0 Å². The van der Waals surface area contributed by atoms with Crippen molar-refractivity contribution in [3.63, 3.8) is 0 Å². The Morgan fingerprint density at radius 1 is 1.20 bits per heavy atom. The van der Waals surface area contributed by atoms with Gasteiger partial charge in [-0.3, -0.25) is 0 Å². The van der Waals surface area contributed by atoms with Crippen LogP contribution in [0.3, 0.4) is 0 Å². The predicted molar refractivity (Wildman–Crippen MR) is 43.8 cm³/mol.